The normalized spacial score (nSPS) is 16.8. The van der Waals surface area contributed by atoms with E-state index < -0.39 is 5.60 Å². The summed E-state index contributed by atoms with van der Waals surface area (Å²) in [6.45, 7) is 2.84. The van der Waals surface area contributed by atoms with Crippen molar-refractivity contribution in [2.24, 2.45) is 0 Å². The van der Waals surface area contributed by atoms with Crippen molar-refractivity contribution in [1.82, 2.24) is 25.4 Å². The third-order valence-corrected chi connectivity index (χ3v) is 4.24. The van der Waals surface area contributed by atoms with Crippen LogP contribution in [0.5, 0.6) is 0 Å². The second-order valence-electron chi connectivity index (χ2n) is 6.28. The van der Waals surface area contributed by atoms with Crippen molar-refractivity contribution in [2.75, 3.05) is 6.54 Å². The van der Waals surface area contributed by atoms with Crippen LogP contribution < -0.4 is 10.6 Å². The number of fused-ring (bicyclic) bond motifs is 1. The third kappa shape index (κ3) is 3.76. The molecule has 0 saturated heterocycles. The Balaban J connectivity index is 1.50. The van der Waals surface area contributed by atoms with Gasteiger partial charge in [-0.1, -0.05) is 6.42 Å². The van der Waals surface area contributed by atoms with Gasteiger partial charge in [-0.15, -0.1) is 10.2 Å². The number of furan rings is 1. The van der Waals surface area contributed by atoms with Gasteiger partial charge in [0.2, 0.25) is 0 Å². The fourth-order valence-corrected chi connectivity index (χ4v) is 2.82. The van der Waals surface area contributed by atoms with E-state index in [9.17, 15) is 9.90 Å². The number of rotatable bonds is 5. The van der Waals surface area contributed by atoms with E-state index in [2.05, 4.69) is 25.4 Å². The Labute approximate surface area is 140 Å². The molecule has 3 heterocycles. The molecule has 130 valence electrons. The lowest BCUT2D eigenvalue weighted by molar-refractivity contribution is 0.0367. The smallest absolute Gasteiger partial charge is 0.315 e. The molecule has 0 bridgehead atoms. The van der Waals surface area contributed by atoms with E-state index in [1.54, 1.807) is 19.1 Å². The number of carbonyl (C=O) groups is 1. The van der Waals surface area contributed by atoms with Gasteiger partial charge in [0.25, 0.3) is 0 Å². The fourth-order valence-electron chi connectivity index (χ4n) is 2.82. The molecule has 2 amide bonds. The van der Waals surface area contributed by atoms with Crippen LogP contribution in [-0.4, -0.2) is 32.4 Å². The first-order valence-electron chi connectivity index (χ1n) is 8.25. The largest absolute Gasteiger partial charge is 0.466 e. The number of hydrogen-bond acceptors (Lipinski definition) is 5. The van der Waals surface area contributed by atoms with Gasteiger partial charge in [-0.3, -0.25) is 0 Å². The maximum Gasteiger partial charge on any atom is 0.315 e. The Morgan fingerprint density at radius 3 is 3.04 bits per heavy atom. The van der Waals surface area contributed by atoms with Gasteiger partial charge in [-0.2, -0.15) is 0 Å². The van der Waals surface area contributed by atoms with Gasteiger partial charge in [0.15, 0.2) is 5.82 Å². The van der Waals surface area contributed by atoms with Gasteiger partial charge in [-0.25, -0.2) is 4.79 Å². The summed E-state index contributed by atoms with van der Waals surface area (Å²) in [5.41, 5.74) is -1.26. The molecule has 24 heavy (non-hydrogen) atoms. The third-order valence-electron chi connectivity index (χ3n) is 4.24. The average Bonchev–Trinajstić information content (AvgIpc) is 3.17. The summed E-state index contributed by atoms with van der Waals surface area (Å²) in [6, 6.07) is 3.00. The van der Waals surface area contributed by atoms with E-state index in [-0.39, 0.29) is 12.6 Å². The molecule has 0 radical (unpaired) electrons. The molecule has 0 spiro atoms. The second-order valence-corrected chi connectivity index (χ2v) is 6.28. The van der Waals surface area contributed by atoms with Crippen LogP contribution in [0, 0.1) is 0 Å². The van der Waals surface area contributed by atoms with E-state index in [4.69, 9.17) is 4.42 Å². The molecule has 2 aromatic rings. The van der Waals surface area contributed by atoms with E-state index in [1.807, 2.05) is 0 Å². The number of nitrogens with one attached hydrogen (secondary N) is 2. The van der Waals surface area contributed by atoms with Gasteiger partial charge < -0.3 is 24.7 Å². The maximum atomic E-state index is 12.0. The van der Waals surface area contributed by atoms with E-state index in [0.29, 0.717) is 12.3 Å². The van der Waals surface area contributed by atoms with Crippen molar-refractivity contribution < 1.29 is 14.3 Å². The van der Waals surface area contributed by atoms with Gasteiger partial charge in [0.1, 0.15) is 17.2 Å². The molecule has 8 heteroatoms. The number of amides is 2. The number of nitrogens with zero attached hydrogens (tertiary/aromatic N) is 3. The summed E-state index contributed by atoms with van der Waals surface area (Å²) < 4.78 is 7.27. The van der Waals surface area contributed by atoms with Gasteiger partial charge in [0.05, 0.1) is 19.4 Å². The van der Waals surface area contributed by atoms with Crippen LogP contribution in [-0.2, 0) is 25.1 Å². The first kappa shape index (κ1) is 16.5. The first-order chi connectivity index (χ1) is 11.6. The monoisotopic (exact) mass is 333 g/mol. The van der Waals surface area contributed by atoms with Crippen molar-refractivity contribution in [3.05, 3.63) is 35.8 Å². The molecule has 0 aliphatic carbocycles. The summed E-state index contributed by atoms with van der Waals surface area (Å²) in [6.07, 6.45) is 5.86. The molecule has 1 atom stereocenters. The predicted molar refractivity (Wildman–Crippen MR) is 86.1 cm³/mol. The Morgan fingerprint density at radius 2 is 2.25 bits per heavy atom. The van der Waals surface area contributed by atoms with E-state index >= 15 is 0 Å². The Kier molecular flexibility index (Phi) is 4.84. The van der Waals surface area contributed by atoms with Gasteiger partial charge in [-0.05, 0) is 31.9 Å². The highest BCUT2D eigenvalue weighted by Crippen LogP contribution is 2.19. The quantitative estimate of drug-likeness (QED) is 0.765. The molecule has 0 saturated carbocycles. The zero-order valence-electron chi connectivity index (χ0n) is 13.8. The van der Waals surface area contributed by atoms with Gasteiger partial charge >= 0.3 is 6.03 Å². The number of aryl methyl sites for hydroxylation is 1. The van der Waals surface area contributed by atoms with E-state index in [1.165, 1.54) is 12.7 Å². The molecule has 1 aliphatic rings. The first-order valence-corrected chi connectivity index (χ1v) is 8.25. The highest BCUT2D eigenvalue weighted by atomic mass is 16.4. The zero-order chi connectivity index (χ0) is 17.0. The van der Waals surface area contributed by atoms with Crippen LogP contribution in [0.1, 0.15) is 43.6 Å². The topological polar surface area (TPSA) is 105 Å². The van der Waals surface area contributed by atoms with Crippen LogP contribution in [0.3, 0.4) is 0 Å². The van der Waals surface area contributed by atoms with Crippen LogP contribution in [0.25, 0.3) is 0 Å². The molecule has 1 aliphatic heterocycles. The van der Waals surface area contributed by atoms with E-state index in [0.717, 1.165) is 37.5 Å². The van der Waals surface area contributed by atoms with Crippen molar-refractivity contribution >= 4 is 6.03 Å². The second kappa shape index (κ2) is 7.04. The van der Waals surface area contributed by atoms with Crippen LogP contribution in [0.2, 0.25) is 0 Å². The maximum absolute atomic E-state index is 12.0. The minimum absolute atomic E-state index is 0.0459. The number of hydrogen-bond donors (Lipinski definition) is 3. The SMILES string of the molecule is CC(O)(CNC(=O)NCc1nnc2n1CCCCC2)c1ccco1. The lowest BCUT2D eigenvalue weighted by atomic mass is 10.0. The lowest BCUT2D eigenvalue weighted by Crippen LogP contribution is -2.43. The Bertz CT molecular complexity index is 678. The molecule has 1 unspecified atom stereocenters. The van der Waals surface area contributed by atoms with Crippen molar-refractivity contribution in [1.29, 1.82) is 0 Å². The molecule has 3 N–H and O–H groups in total. The standard InChI is InChI=1S/C16H23N5O3/c1-16(23,12-6-5-9-24-12)11-18-15(22)17-10-14-20-19-13-7-3-2-4-8-21(13)14/h5-6,9,23H,2-4,7-8,10-11H2,1H3,(H2,17,18,22). The molecule has 8 nitrogen and oxygen atoms in total. The summed E-state index contributed by atoms with van der Waals surface area (Å²) >= 11 is 0. The van der Waals surface area contributed by atoms with Gasteiger partial charge in [0, 0.05) is 13.0 Å². The molecule has 0 fully saturated rings. The highest BCUT2D eigenvalue weighted by molar-refractivity contribution is 5.73. The molecule has 2 aromatic heterocycles. The minimum atomic E-state index is -1.26. The molecule has 3 rings (SSSR count). The minimum Gasteiger partial charge on any atom is -0.466 e. The van der Waals surface area contributed by atoms with Crippen LogP contribution in [0.15, 0.2) is 22.8 Å². The summed E-state index contributed by atoms with van der Waals surface area (Å²) in [5.74, 6) is 2.16. The highest BCUT2D eigenvalue weighted by Gasteiger charge is 2.26. The van der Waals surface area contributed by atoms with Crippen molar-refractivity contribution in [3.63, 3.8) is 0 Å². The molecular formula is C16H23N5O3. The number of carbonyl (C=O) groups excluding carboxylic acids is 1. The average molecular weight is 333 g/mol. The number of aromatic nitrogens is 3. The lowest BCUT2D eigenvalue weighted by Gasteiger charge is -2.21. The van der Waals surface area contributed by atoms with Crippen LogP contribution in [0.4, 0.5) is 4.79 Å². The van der Waals surface area contributed by atoms with Crippen molar-refractivity contribution in [3.8, 4) is 0 Å². The summed E-state index contributed by atoms with van der Waals surface area (Å²) in [7, 11) is 0. The van der Waals surface area contributed by atoms with Crippen LogP contribution >= 0.6 is 0 Å². The Morgan fingerprint density at radius 1 is 1.38 bits per heavy atom. The van der Waals surface area contributed by atoms with Crippen molar-refractivity contribution in [2.45, 2.75) is 51.3 Å². The number of urea groups is 1. The fraction of sp³-hybridized carbons (Fsp3) is 0.562. The zero-order valence-corrected chi connectivity index (χ0v) is 13.8. The molecular weight excluding hydrogens is 310 g/mol. The summed E-state index contributed by atoms with van der Waals surface area (Å²) in [4.78, 5) is 12.0. The predicted octanol–water partition coefficient (Wildman–Crippen LogP) is 1.30. The Hall–Kier alpha value is -2.35. The summed E-state index contributed by atoms with van der Waals surface area (Å²) in [5, 5.41) is 24.1. The molecule has 0 aromatic carbocycles. The number of aliphatic hydroxyl groups is 1.